The maximum atomic E-state index is 16.4. The number of nitrogens with one attached hydrogen (secondary N) is 1. The molecule has 1 aliphatic heterocycles. The Labute approximate surface area is 296 Å². The molecule has 0 bridgehead atoms. The second-order valence-electron chi connectivity index (χ2n) is 12.2. The third-order valence-corrected chi connectivity index (χ3v) is 8.84. The van der Waals surface area contributed by atoms with Gasteiger partial charge in [0, 0.05) is 17.5 Å². The fourth-order valence-electron chi connectivity index (χ4n) is 6.17. The zero-order valence-corrected chi connectivity index (χ0v) is 28.1. The fourth-order valence-corrected chi connectivity index (χ4v) is 6.34. The lowest BCUT2D eigenvalue weighted by molar-refractivity contribution is -0.0898. The number of rotatable bonds is 14. The van der Waals surface area contributed by atoms with Crippen molar-refractivity contribution < 1.29 is 23.3 Å². The highest BCUT2D eigenvalue weighted by molar-refractivity contribution is 6.28. The highest BCUT2D eigenvalue weighted by Crippen LogP contribution is 2.41. The fraction of sp³-hybridized carbons (Fsp3) is 0.220. The Bertz CT molecular complexity index is 1970. The van der Waals surface area contributed by atoms with Gasteiger partial charge in [0.15, 0.2) is 0 Å². The normalized spacial score (nSPS) is 18.8. The van der Waals surface area contributed by atoms with Gasteiger partial charge in [-0.3, -0.25) is 0 Å². The van der Waals surface area contributed by atoms with E-state index in [1.165, 1.54) is 6.07 Å². The summed E-state index contributed by atoms with van der Waals surface area (Å²) in [5.41, 5.74) is 4.83. The van der Waals surface area contributed by atoms with E-state index in [2.05, 4.69) is 15.3 Å². The van der Waals surface area contributed by atoms with Crippen molar-refractivity contribution in [3.8, 4) is 0 Å². The molecular weight excluding hydrogens is 653 g/mol. The maximum absolute atomic E-state index is 16.4. The van der Waals surface area contributed by atoms with E-state index < -0.39 is 30.2 Å². The summed E-state index contributed by atoms with van der Waals surface area (Å²) in [7, 11) is 0. The van der Waals surface area contributed by atoms with Gasteiger partial charge in [-0.25, -0.2) is 14.4 Å². The van der Waals surface area contributed by atoms with E-state index in [1.807, 2.05) is 121 Å². The minimum Gasteiger partial charge on any atom is -0.374 e. The van der Waals surface area contributed by atoms with E-state index >= 15 is 4.39 Å². The Morgan fingerprint density at radius 2 is 1.20 bits per heavy atom. The summed E-state index contributed by atoms with van der Waals surface area (Å²) in [4.78, 5) is 8.86. The minimum atomic E-state index is -0.830. The summed E-state index contributed by atoms with van der Waals surface area (Å²) < 4.78 is 42.5. The lowest BCUT2D eigenvalue weighted by Gasteiger charge is -2.25. The molecule has 9 heteroatoms. The van der Waals surface area contributed by atoms with Crippen LogP contribution in [0.2, 0.25) is 5.28 Å². The molecule has 4 atom stereocenters. The van der Waals surface area contributed by atoms with Crippen molar-refractivity contribution in [2.45, 2.75) is 50.8 Å². The first kappa shape index (κ1) is 33.8. The molecule has 7 rings (SSSR count). The lowest BCUT2D eigenvalue weighted by atomic mass is 9.99. The Hall–Kier alpha value is -4.70. The van der Waals surface area contributed by atoms with Gasteiger partial charge >= 0.3 is 0 Å². The highest BCUT2D eigenvalue weighted by atomic mass is 35.5. The molecule has 5 aromatic carbocycles. The van der Waals surface area contributed by atoms with E-state index in [4.69, 9.17) is 30.5 Å². The number of fused-ring (bicyclic) bond motifs is 1. The van der Waals surface area contributed by atoms with Crippen molar-refractivity contribution in [1.82, 2.24) is 9.97 Å². The van der Waals surface area contributed by atoms with Gasteiger partial charge in [0.1, 0.15) is 36.1 Å². The molecule has 0 amide bonds. The zero-order valence-electron chi connectivity index (χ0n) is 27.3. The second-order valence-corrected chi connectivity index (χ2v) is 12.5. The van der Waals surface area contributed by atoms with Crippen molar-refractivity contribution in [2.75, 3.05) is 11.9 Å². The van der Waals surface area contributed by atoms with Crippen LogP contribution in [-0.2, 0) is 45.3 Å². The number of aromatic nitrogens is 2. The maximum Gasteiger partial charge on any atom is 0.224 e. The third kappa shape index (κ3) is 8.35. The van der Waals surface area contributed by atoms with Gasteiger partial charge in [-0.2, -0.15) is 0 Å². The van der Waals surface area contributed by atoms with Gasteiger partial charge in [0.05, 0.1) is 31.9 Å². The third-order valence-electron chi connectivity index (χ3n) is 8.67. The van der Waals surface area contributed by atoms with Crippen molar-refractivity contribution in [1.29, 1.82) is 0 Å². The predicted molar refractivity (Wildman–Crippen MR) is 192 cm³/mol. The van der Waals surface area contributed by atoms with Gasteiger partial charge < -0.3 is 24.3 Å². The van der Waals surface area contributed by atoms with E-state index in [9.17, 15) is 0 Å². The van der Waals surface area contributed by atoms with Crippen LogP contribution in [-0.4, -0.2) is 34.9 Å². The van der Waals surface area contributed by atoms with Gasteiger partial charge in [-0.15, -0.1) is 0 Å². The first-order chi connectivity index (χ1) is 24.6. The SMILES string of the molecule is Fc1cc2c(NCc3ccccc3)nc(Cl)nc2cc1[C@@H]1O[C@H](COCc2ccccc2)[C@@H](OCc2ccccc2)[C@H]1OCc1ccccc1. The first-order valence-electron chi connectivity index (χ1n) is 16.6. The molecule has 50 heavy (non-hydrogen) atoms. The van der Waals surface area contributed by atoms with E-state index in [0.717, 1.165) is 22.3 Å². The Balaban J connectivity index is 1.21. The Morgan fingerprint density at radius 1 is 0.660 bits per heavy atom. The summed E-state index contributed by atoms with van der Waals surface area (Å²) in [6.07, 6.45) is -2.64. The molecule has 0 radical (unpaired) electrons. The standard InChI is InChI=1S/C41H37ClFN3O4/c42-41-45-35-22-32(34(43)21-33(35)40(46-41)44-23-28-13-5-1-6-14-28)37-39(49-26-31-19-11-4-12-20-31)38(48-25-30-17-9-3-10-18-30)36(50-37)27-47-24-29-15-7-2-8-16-29/h1-22,36-39H,23-27H2,(H,44,45,46)/t36-,37+,38-,39+/m1/s1. The molecule has 0 unspecified atom stereocenters. The van der Waals surface area contributed by atoms with Crippen LogP contribution in [0.3, 0.4) is 0 Å². The van der Waals surface area contributed by atoms with Crippen molar-refractivity contribution in [3.05, 3.63) is 172 Å². The van der Waals surface area contributed by atoms with Crippen LogP contribution in [0.25, 0.3) is 10.9 Å². The van der Waals surface area contributed by atoms with Crippen LogP contribution in [0.4, 0.5) is 10.2 Å². The molecular formula is C41H37ClFN3O4. The number of hydrogen-bond donors (Lipinski definition) is 1. The molecule has 1 aromatic heterocycles. The Morgan fingerprint density at radius 3 is 1.80 bits per heavy atom. The lowest BCUT2D eigenvalue weighted by Crippen LogP contribution is -2.38. The number of halogens is 2. The smallest absolute Gasteiger partial charge is 0.224 e. The highest BCUT2D eigenvalue weighted by Gasteiger charge is 2.48. The van der Waals surface area contributed by atoms with Crippen LogP contribution in [0.1, 0.15) is 33.9 Å². The van der Waals surface area contributed by atoms with Gasteiger partial charge in [-0.1, -0.05) is 121 Å². The van der Waals surface area contributed by atoms with Crippen LogP contribution in [0, 0.1) is 5.82 Å². The van der Waals surface area contributed by atoms with E-state index in [1.54, 1.807) is 6.07 Å². The molecule has 1 saturated heterocycles. The minimum absolute atomic E-state index is 0.0473. The summed E-state index contributed by atoms with van der Waals surface area (Å²) in [5.74, 6) is -0.0352. The molecule has 1 aliphatic rings. The predicted octanol–water partition coefficient (Wildman–Crippen LogP) is 8.86. The molecule has 7 nitrogen and oxygen atoms in total. The molecule has 0 saturated carbocycles. The first-order valence-corrected chi connectivity index (χ1v) is 17.0. The summed E-state index contributed by atoms with van der Waals surface area (Å²) in [6.45, 7) is 1.70. The second kappa shape index (κ2) is 16.3. The summed E-state index contributed by atoms with van der Waals surface area (Å²) in [6, 6.07) is 42.7. The summed E-state index contributed by atoms with van der Waals surface area (Å²) in [5, 5.41) is 3.85. The van der Waals surface area contributed by atoms with Crippen molar-refractivity contribution in [3.63, 3.8) is 0 Å². The van der Waals surface area contributed by atoms with Crippen molar-refractivity contribution >= 4 is 28.3 Å². The number of ether oxygens (including phenoxy) is 4. The molecule has 1 N–H and O–H groups in total. The average molecular weight is 690 g/mol. The Kier molecular flexibility index (Phi) is 11.0. The molecule has 6 aromatic rings. The van der Waals surface area contributed by atoms with Crippen LogP contribution in [0.5, 0.6) is 0 Å². The molecule has 0 aliphatic carbocycles. The molecule has 254 valence electrons. The number of anilines is 1. The van der Waals surface area contributed by atoms with Crippen LogP contribution < -0.4 is 5.32 Å². The summed E-state index contributed by atoms with van der Waals surface area (Å²) >= 11 is 6.41. The number of nitrogens with zero attached hydrogens (tertiary/aromatic N) is 2. The number of hydrogen-bond acceptors (Lipinski definition) is 7. The quantitative estimate of drug-likeness (QED) is 0.115. The van der Waals surface area contributed by atoms with E-state index in [0.29, 0.717) is 42.0 Å². The topological polar surface area (TPSA) is 74.7 Å². The van der Waals surface area contributed by atoms with E-state index in [-0.39, 0.29) is 18.5 Å². The number of benzene rings is 5. The molecule has 0 spiro atoms. The largest absolute Gasteiger partial charge is 0.374 e. The van der Waals surface area contributed by atoms with Gasteiger partial charge in [0.2, 0.25) is 5.28 Å². The molecule has 2 heterocycles. The van der Waals surface area contributed by atoms with Gasteiger partial charge in [0.25, 0.3) is 0 Å². The van der Waals surface area contributed by atoms with Crippen LogP contribution >= 0.6 is 11.6 Å². The molecule has 1 fully saturated rings. The zero-order chi connectivity index (χ0) is 34.1. The monoisotopic (exact) mass is 689 g/mol. The average Bonchev–Trinajstić information content (AvgIpc) is 3.50. The van der Waals surface area contributed by atoms with Gasteiger partial charge in [-0.05, 0) is 46.0 Å². The van der Waals surface area contributed by atoms with Crippen LogP contribution in [0.15, 0.2) is 133 Å². The van der Waals surface area contributed by atoms with Crippen molar-refractivity contribution in [2.24, 2.45) is 0 Å².